The maximum Gasteiger partial charge on any atom is 0.256 e. The summed E-state index contributed by atoms with van der Waals surface area (Å²) in [7, 11) is 0. The molecule has 0 aliphatic carbocycles. The molecular formula is C24H24N6O. The highest BCUT2D eigenvalue weighted by Gasteiger charge is 2.28. The molecule has 3 heterocycles. The second-order valence-corrected chi connectivity index (χ2v) is 7.82. The average molecular weight is 412 g/mol. The number of pyridine rings is 1. The SMILES string of the molecule is C[C@H]1CCN(c2ccc3ccccc3n2)CCN1C(=O)c1ccccc1-n1nccn1. The lowest BCUT2D eigenvalue weighted by Crippen LogP contribution is -2.40. The fraction of sp³-hybridized carbons (Fsp3) is 0.250. The largest absolute Gasteiger partial charge is 0.355 e. The predicted molar refractivity (Wildman–Crippen MR) is 120 cm³/mol. The van der Waals surface area contributed by atoms with E-state index in [-0.39, 0.29) is 11.9 Å². The second kappa shape index (κ2) is 8.18. The minimum atomic E-state index is 0.00807. The third-order valence-electron chi connectivity index (χ3n) is 5.90. The number of aromatic nitrogens is 4. The van der Waals surface area contributed by atoms with E-state index in [4.69, 9.17) is 4.98 Å². The lowest BCUT2D eigenvalue weighted by Gasteiger charge is -2.27. The standard InChI is InChI=1S/C24H24N6O/c1-18-12-15-28(23-11-10-19-6-2-4-8-21(19)27-23)16-17-29(18)24(31)20-7-3-5-9-22(20)30-25-13-14-26-30/h2-11,13-14,18H,12,15-17H2,1H3/t18-/m0/s1. The number of carbonyl (C=O) groups excluding carboxylic acids is 1. The topological polar surface area (TPSA) is 67.2 Å². The van der Waals surface area contributed by atoms with Crippen molar-refractivity contribution in [3.8, 4) is 5.69 Å². The van der Waals surface area contributed by atoms with Crippen molar-refractivity contribution in [1.29, 1.82) is 0 Å². The number of hydrogen-bond acceptors (Lipinski definition) is 5. The summed E-state index contributed by atoms with van der Waals surface area (Å²) in [6.45, 7) is 4.35. The third-order valence-corrected chi connectivity index (χ3v) is 5.90. The van der Waals surface area contributed by atoms with Gasteiger partial charge in [-0.25, -0.2) is 4.98 Å². The van der Waals surface area contributed by atoms with Crippen molar-refractivity contribution in [2.45, 2.75) is 19.4 Å². The smallest absolute Gasteiger partial charge is 0.256 e. The average Bonchev–Trinajstić information content (AvgIpc) is 3.28. The lowest BCUT2D eigenvalue weighted by molar-refractivity contribution is 0.0705. The zero-order valence-electron chi connectivity index (χ0n) is 17.4. The molecular weight excluding hydrogens is 388 g/mol. The fourth-order valence-electron chi connectivity index (χ4n) is 4.15. The molecule has 1 amide bonds. The summed E-state index contributed by atoms with van der Waals surface area (Å²) in [5.74, 6) is 0.968. The number of carbonyl (C=O) groups is 1. The zero-order valence-corrected chi connectivity index (χ0v) is 17.4. The molecule has 1 atom stereocenters. The van der Waals surface area contributed by atoms with Crippen LogP contribution in [0.15, 0.2) is 73.1 Å². The van der Waals surface area contributed by atoms with Gasteiger partial charge >= 0.3 is 0 Å². The molecule has 0 bridgehead atoms. The molecule has 1 saturated heterocycles. The number of benzene rings is 2. The van der Waals surface area contributed by atoms with Crippen LogP contribution in [0.3, 0.4) is 0 Å². The molecule has 0 radical (unpaired) electrons. The predicted octanol–water partition coefficient (Wildman–Crippen LogP) is 3.56. The Bertz CT molecular complexity index is 1210. The summed E-state index contributed by atoms with van der Waals surface area (Å²) in [4.78, 5) is 24.1. The van der Waals surface area contributed by atoms with Crippen LogP contribution in [0.5, 0.6) is 0 Å². The Kier molecular flexibility index (Phi) is 5.08. The molecule has 31 heavy (non-hydrogen) atoms. The van der Waals surface area contributed by atoms with Crippen molar-refractivity contribution in [2.75, 3.05) is 24.5 Å². The number of anilines is 1. The minimum absolute atomic E-state index is 0.00807. The van der Waals surface area contributed by atoms with Crippen LogP contribution in [0.2, 0.25) is 0 Å². The monoisotopic (exact) mass is 412 g/mol. The van der Waals surface area contributed by atoms with Gasteiger partial charge in [0, 0.05) is 31.1 Å². The Balaban J connectivity index is 1.39. The van der Waals surface area contributed by atoms with Gasteiger partial charge in [-0.05, 0) is 43.7 Å². The van der Waals surface area contributed by atoms with Crippen molar-refractivity contribution < 1.29 is 4.79 Å². The normalized spacial score (nSPS) is 17.0. The van der Waals surface area contributed by atoms with E-state index in [1.807, 2.05) is 47.4 Å². The summed E-state index contributed by atoms with van der Waals surface area (Å²) < 4.78 is 0. The molecule has 156 valence electrons. The molecule has 1 aliphatic rings. The van der Waals surface area contributed by atoms with Crippen LogP contribution in [0.4, 0.5) is 5.82 Å². The van der Waals surface area contributed by atoms with Crippen LogP contribution >= 0.6 is 0 Å². The quantitative estimate of drug-likeness (QED) is 0.515. The summed E-state index contributed by atoms with van der Waals surface area (Å²) in [6.07, 6.45) is 4.11. The highest BCUT2D eigenvalue weighted by molar-refractivity contribution is 5.98. The maximum atomic E-state index is 13.5. The van der Waals surface area contributed by atoms with Crippen LogP contribution in [0, 0.1) is 0 Å². The van der Waals surface area contributed by atoms with Crippen molar-refractivity contribution in [3.05, 3.63) is 78.6 Å². The van der Waals surface area contributed by atoms with Gasteiger partial charge in [-0.3, -0.25) is 4.79 Å². The van der Waals surface area contributed by atoms with Crippen LogP contribution in [0.1, 0.15) is 23.7 Å². The first-order chi connectivity index (χ1) is 15.2. The van der Waals surface area contributed by atoms with E-state index >= 15 is 0 Å². The molecule has 2 aromatic heterocycles. The number of amides is 1. The molecule has 7 nitrogen and oxygen atoms in total. The highest BCUT2D eigenvalue weighted by atomic mass is 16.2. The Morgan fingerprint density at radius 2 is 1.68 bits per heavy atom. The number of para-hydroxylation sites is 2. The summed E-state index contributed by atoms with van der Waals surface area (Å²) in [5.41, 5.74) is 2.30. The first kappa shape index (κ1) is 19.2. The van der Waals surface area contributed by atoms with E-state index in [1.165, 1.54) is 4.80 Å². The van der Waals surface area contributed by atoms with E-state index in [0.717, 1.165) is 36.2 Å². The van der Waals surface area contributed by atoms with Gasteiger partial charge in [0.25, 0.3) is 5.91 Å². The first-order valence-electron chi connectivity index (χ1n) is 10.6. The fourth-order valence-corrected chi connectivity index (χ4v) is 4.15. The van der Waals surface area contributed by atoms with E-state index in [1.54, 1.807) is 12.4 Å². The van der Waals surface area contributed by atoms with Crippen LogP contribution < -0.4 is 4.90 Å². The van der Waals surface area contributed by atoms with Gasteiger partial charge in [-0.15, -0.1) is 0 Å². The highest BCUT2D eigenvalue weighted by Crippen LogP contribution is 2.23. The summed E-state index contributed by atoms with van der Waals surface area (Å²) >= 11 is 0. The number of fused-ring (bicyclic) bond motifs is 1. The lowest BCUT2D eigenvalue weighted by atomic mass is 10.1. The summed E-state index contributed by atoms with van der Waals surface area (Å²) in [5, 5.41) is 9.55. The van der Waals surface area contributed by atoms with Gasteiger partial charge in [-0.1, -0.05) is 30.3 Å². The van der Waals surface area contributed by atoms with Crippen molar-refractivity contribution >= 4 is 22.6 Å². The minimum Gasteiger partial charge on any atom is -0.355 e. The molecule has 0 unspecified atom stereocenters. The number of rotatable bonds is 3. The summed E-state index contributed by atoms with van der Waals surface area (Å²) in [6, 6.07) is 20.0. The van der Waals surface area contributed by atoms with Gasteiger partial charge in [-0.2, -0.15) is 15.0 Å². The van der Waals surface area contributed by atoms with E-state index in [9.17, 15) is 4.79 Å². The molecule has 7 heteroatoms. The Hall–Kier alpha value is -3.74. The van der Waals surface area contributed by atoms with E-state index in [0.29, 0.717) is 17.8 Å². The Morgan fingerprint density at radius 3 is 2.55 bits per heavy atom. The Morgan fingerprint density at radius 1 is 0.903 bits per heavy atom. The number of nitrogens with zero attached hydrogens (tertiary/aromatic N) is 6. The molecule has 0 N–H and O–H groups in total. The van der Waals surface area contributed by atoms with Gasteiger partial charge < -0.3 is 9.80 Å². The third kappa shape index (κ3) is 3.74. The van der Waals surface area contributed by atoms with Gasteiger partial charge in [0.2, 0.25) is 0 Å². The van der Waals surface area contributed by atoms with Crippen molar-refractivity contribution in [2.24, 2.45) is 0 Å². The number of hydrogen-bond donors (Lipinski definition) is 0. The van der Waals surface area contributed by atoms with Crippen LogP contribution in [-0.4, -0.2) is 56.5 Å². The van der Waals surface area contributed by atoms with Gasteiger partial charge in [0.15, 0.2) is 0 Å². The first-order valence-corrected chi connectivity index (χ1v) is 10.6. The molecule has 1 fully saturated rings. The van der Waals surface area contributed by atoms with Crippen LogP contribution in [-0.2, 0) is 0 Å². The maximum absolute atomic E-state index is 13.5. The molecule has 4 aromatic rings. The molecule has 5 rings (SSSR count). The Labute approximate surface area is 180 Å². The molecule has 2 aromatic carbocycles. The molecule has 1 aliphatic heterocycles. The van der Waals surface area contributed by atoms with Gasteiger partial charge in [0.05, 0.1) is 29.2 Å². The van der Waals surface area contributed by atoms with Crippen molar-refractivity contribution in [3.63, 3.8) is 0 Å². The van der Waals surface area contributed by atoms with Gasteiger partial charge in [0.1, 0.15) is 5.82 Å². The van der Waals surface area contributed by atoms with Crippen molar-refractivity contribution in [1.82, 2.24) is 24.9 Å². The van der Waals surface area contributed by atoms with Crippen LogP contribution in [0.25, 0.3) is 16.6 Å². The van der Waals surface area contributed by atoms with E-state index < -0.39 is 0 Å². The molecule has 0 spiro atoms. The second-order valence-electron chi connectivity index (χ2n) is 7.82. The zero-order chi connectivity index (χ0) is 21.2. The molecule has 0 saturated carbocycles. The van der Waals surface area contributed by atoms with E-state index in [2.05, 4.69) is 40.2 Å².